The Balaban J connectivity index is 1.50. The monoisotopic (exact) mass is 373 g/mol. The van der Waals surface area contributed by atoms with Crippen molar-refractivity contribution in [2.24, 2.45) is 0 Å². The lowest BCUT2D eigenvalue weighted by molar-refractivity contribution is -0.125. The van der Waals surface area contributed by atoms with Gasteiger partial charge in [0, 0.05) is 0 Å². The minimum Gasteiger partial charge on any atom is -0.452 e. The maximum Gasteiger partial charge on any atom is 0.338 e. The second kappa shape index (κ2) is 7.70. The molecular weight excluding hydrogens is 361 g/mol. The molecule has 3 aromatic rings. The molecule has 9 heteroatoms. The Hall–Kier alpha value is -3.33. The van der Waals surface area contributed by atoms with E-state index in [-0.39, 0.29) is 11.1 Å². The fraction of sp³-hybridized carbons (Fsp3) is 0.0588. The molecule has 2 aromatic carbocycles. The number of aromatic nitrogens is 1. The molecule has 0 atom stereocenters. The molecule has 132 valence electrons. The van der Waals surface area contributed by atoms with Crippen LogP contribution in [0.25, 0.3) is 10.2 Å². The number of carbonyl (C=O) groups excluding carboxylic acids is 3. The van der Waals surface area contributed by atoms with Gasteiger partial charge >= 0.3 is 5.97 Å². The Bertz CT molecular complexity index is 989. The second-order valence-electron chi connectivity index (χ2n) is 5.09. The lowest BCUT2D eigenvalue weighted by atomic mass is 10.2. The molecule has 1 aromatic heterocycles. The number of esters is 1. The van der Waals surface area contributed by atoms with Gasteiger partial charge in [0.05, 0.1) is 26.9 Å². The Morgan fingerprint density at radius 1 is 1.12 bits per heavy atom. The summed E-state index contributed by atoms with van der Waals surface area (Å²) in [4.78, 5) is 39.5. The van der Waals surface area contributed by atoms with Crippen LogP contribution in [0.1, 0.15) is 20.7 Å². The molecule has 2 amide bonds. The number of thiazole rings is 1. The number of amides is 2. The highest BCUT2D eigenvalue weighted by Crippen LogP contribution is 2.19. The van der Waals surface area contributed by atoms with Crippen LogP contribution < -0.4 is 10.9 Å². The number of halogens is 1. The van der Waals surface area contributed by atoms with E-state index in [0.29, 0.717) is 0 Å². The first-order chi connectivity index (χ1) is 12.5. The summed E-state index contributed by atoms with van der Waals surface area (Å²) in [6.45, 7) is -0.600. The van der Waals surface area contributed by atoms with Crippen LogP contribution in [-0.2, 0) is 9.53 Å². The zero-order valence-electron chi connectivity index (χ0n) is 13.2. The Labute approximate surface area is 150 Å². The van der Waals surface area contributed by atoms with Gasteiger partial charge < -0.3 is 4.74 Å². The van der Waals surface area contributed by atoms with E-state index in [0.717, 1.165) is 16.3 Å². The van der Waals surface area contributed by atoms with Gasteiger partial charge in [0.2, 0.25) is 0 Å². The number of hydrogen-bond acceptors (Lipinski definition) is 6. The quantitative estimate of drug-likeness (QED) is 0.539. The predicted molar refractivity (Wildman–Crippen MR) is 91.9 cm³/mol. The van der Waals surface area contributed by atoms with Crippen molar-refractivity contribution in [2.45, 2.75) is 0 Å². The standard InChI is InChI=1S/C17H12FN3O4S/c18-12-4-2-1-3-11(12)16(23)21-20-15(22)8-25-17(24)10-5-6-13-14(7-10)26-9-19-13/h1-7,9H,8H2,(H,20,22)(H,21,23). The van der Waals surface area contributed by atoms with Crippen molar-refractivity contribution in [2.75, 3.05) is 6.61 Å². The molecule has 0 unspecified atom stereocenters. The number of hydrogen-bond donors (Lipinski definition) is 2. The number of ether oxygens (including phenoxy) is 1. The van der Waals surface area contributed by atoms with Gasteiger partial charge in [-0.1, -0.05) is 12.1 Å². The Kier molecular flexibility index (Phi) is 5.18. The van der Waals surface area contributed by atoms with Crippen molar-refractivity contribution in [3.8, 4) is 0 Å². The lowest BCUT2D eigenvalue weighted by Gasteiger charge is -2.08. The third-order valence-electron chi connectivity index (χ3n) is 3.34. The van der Waals surface area contributed by atoms with Crippen molar-refractivity contribution >= 4 is 39.3 Å². The van der Waals surface area contributed by atoms with Gasteiger partial charge in [-0.15, -0.1) is 11.3 Å². The summed E-state index contributed by atoms with van der Waals surface area (Å²) >= 11 is 1.38. The van der Waals surface area contributed by atoms with E-state index in [1.807, 2.05) is 5.43 Å². The average molecular weight is 373 g/mol. The maximum atomic E-state index is 13.4. The van der Waals surface area contributed by atoms with Gasteiger partial charge in [-0.3, -0.25) is 20.4 Å². The van der Waals surface area contributed by atoms with Crippen LogP contribution in [0.2, 0.25) is 0 Å². The SMILES string of the molecule is O=C(COC(=O)c1ccc2ncsc2c1)NNC(=O)c1ccccc1F. The van der Waals surface area contributed by atoms with Crippen LogP contribution in [0.4, 0.5) is 4.39 Å². The summed E-state index contributed by atoms with van der Waals surface area (Å²) in [5, 5.41) is 0. The zero-order chi connectivity index (χ0) is 18.5. The third-order valence-corrected chi connectivity index (χ3v) is 4.13. The topological polar surface area (TPSA) is 97.4 Å². The summed E-state index contributed by atoms with van der Waals surface area (Å²) in [6, 6.07) is 10.2. The number of hydrazine groups is 1. The normalized spacial score (nSPS) is 10.3. The highest BCUT2D eigenvalue weighted by Gasteiger charge is 2.14. The van der Waals surface area contributed by atoms with E-state index in [1.165, 1.54) is 29.5 Å². The van der Waals surface area contributed by atoms with Gasteiger partial charge in [-0.2, -0.15) is 0 Å². The van der Waals surface area contributed by atoms with E-state index in [4.69, 9.17) is 4.74 Å². The highest BCUT2D eigenvalue weighted by molar-refractivity contribution is 7.16. The summed E-state index contributed by atoms with van der Waals surface area (Å²) in [5.41, 5.74) is 6.58. The first-order valence-corrected chi connectivity index (χ1v) is 8.26. The number of nitrogens with zero attached hydrogens (tertiary/aromatic N) is 1. The van der Waals surface area contributed by atoms with Crippen LogP contribution in [0.5, 0.6) is 0 Å². The second-order valence-corrected chi connectivity index (χ2v) is 5.98. The molecule has 0 fully saturated rings. The fourth-order valence-electron chi connectivity index (χ4n) is 2.07. The number of benzene rings is 2. The van der Waals surface area contributed by atoms with E-state index in [2.05, 4.69) is 10.4 Å². The summed E-state index contributed by atoms with van der Waals surface area (Å²) in [6.07, 6.45) is 0. The van der Waals surface area contributed by atoms with Crippen LogP contribution in [0.3, 0.4) is 0 Å². The van der Waals surface area contributed by atoms with Crippen LogP contribution in [0, 0.1) is 5.82 Å². The van der Waals surface area contributed by atoms with E-state index in [9.17, 15) is 18.8 Å². The van der Waals surface area contributed by atoms with E-state index in [1.54, 1.807) is 23.7 Å². The maximum absolute atomic E-state index is 13.4. The van der Waals surface area contributed by atoms with Crippen molar-refractivity contribution in [1.82, 2.24) is 15.8 Å². The first kappa shape index (κ1) is 17.5. The smallest absolute Gasteiger partial charge is 0.338 e. The lowest BCUT2D eigenvalue weighted by Crippen LogP contribution is -2.43. The van der Waals surface area contributed by atoms with Crippen LogP contribution in [-0.4, -0.2) is 29.4 Å². The Morgan fingerprint density at radius 2 is 1.92 bits per heavy atom. The van der Waals surface area contributed by atoms with Gasteiger partial charge in [0.25, 0.3) is 11.8 Å². The van der Waals surface area contributed by atoms with E-state index >= 15 is 0 Å². The molecule has 0 saturated heterocycles. The fourth-order valence-corrected chi connectivity index (χ4v) is 2.79. The number of carbonyl (C=O) groups is 3. The minimum atomic E-state index is -0.821. The molecular formula is C17H12FN3O4S. The Morgan fingerprint density at radius 3 is 2.73 bits per heavy atom. The van der Waals surface area contributed by atoms with Gasteiger partial charge in [0.1, 0.15) is 5.82 Å². The molecule has 0 saturated carbocycles. The molecule has 3 rings (SSSR count). The average Bonchev–Trinajstić information content (AvgIpc) is 3.12. The van der Waals surface area contributed by atoms with Gasteiger partial charge in [-0.25, -0.2) is 14.2 Å². The summed E-state index contributed by atoms with van der Waals surface area (Å²) in [7, 11) is 0. The number of nitrogens with one attached hydrogen (secondary N) is 2. The predicted octanol–water partition coefficient (Wildman–Crippen LogP) is 2.05. The van der Waals surface area contributed by atoms with Crippen molar-refractivity contribution in [3.05, 3.63) is 64.9 Å². The molecule has 0 aliphatic heterocycles. The molecule has 2 N–H and O–H groups in total. The van der Waals surface area contributed by atoms with Crippen molar-refractivity contribution in [3.63, 3.8) is 0 Å². The molecule has 0 spiro atoms. The number of fused-ring (bicyclic) bond motifs is 1. The largest absolute Gasteiger partial charge is 0.452 e. The molecule has 0 radical (unpaired) electrons. The van der Waals surface area contributed by atoms with Crippen LogP contribution >= 0.6 is 11.3 Å². The highest BCUT2D eigenvalue weighted by atomic mass is 32.1. The van der Waals surface area contributed by atoms with Crippen LogP contribution in [0.15, 0.2) is 48.0 Å². The minimum absolute atomic E-state index is 0.220. The third kappa shape index (κ3) is 4.01. The van der Waals surface area contributed by atoms with Gasteiger partial charge in [-0.05, 0) is 30.3 Å². The first-order valence-electron chi connectivity index (χ1n) is 7.38. The molecule has 7 nitrogen and oxygen atoms in total. The molecule has 0 aliphatic rings. The molecule has 1 heterocycles. The van der Waals surface area contributed by atoms with Crippen molar-refractivity contribution in [1.29, 1.82) is 0 Å². The van der Waals surface area contributed by atoms with Crippen molar-refractivity contribution < 1.29 is 23.5 Å². The summed E-state index contributed by atoms with van der Waals surface area (Å²) in [5.74, 6) is -2.99. The molecule has 0 aliphatic carbocycles. The number of rotatable bonds is 4. The van der Waals surface area contributed by atoms with E-state index < -0.39 is 30.2 Å². The summed E-state index contributed by atoms with van der Waals surface area (Å²) < 4.78 is 19.2. The molecule has 26 heavy (non-hydrogen) atoms. The molecule has 0 bridgehead atoms. The zero-order valence-corrected chi connectivity index (χ0v) is 14.0. The van der Waals surface area contributed by atoms with Gasteiger partial charge in [0.15, 0.2) is 6.61 Å².